The normalized spacial score (nSPS) is 11.4. The molecule has 1 heterocycles. The zero-order valence-electron chi connectivity index (χ0n) is 16.4. The van der Waals surface area contributed by atoms with E-state index in [1.807, 2.05) is 30.5 Å². The maximum atomic E-state index is 13.8. The fraction of sp³-hybridized carbons (Fsp3) is 0.0870. The number of aromatic nitrogens is 1. The third-order valence-corrected chi connectivity index (χ3v) is 6.21. The molecule has 0 bridgehead atoms. The number of anilines is 2. The lowest BCUT2D eigenvalue weighted by Crippen LogP contribution is -2.15. The number of hydrogen-bond donors (Lipinski definition) is 3. The lowest BCUT2D eigenvalue weighted by atomic mass is 10.1. The number of sulfonamides is 1. The Hall–Kier alpha value is -3.65. The number of benzene rings is 3. The number of fused-ring (bicyclic) bond motifs is 1. The summed E-state index contributed by atoms with van der Waals surface area (Å²) in [6, 6.07) is 19.2. The molecule has 3 N–H and O–H groups in total. The summed E-state index contributed by atoms with van der Waals surface area (Å²) in [6.07, 6.45) is 2.68. The molecule has 0 atom stereocenters. The number of para-hydroxylation sites is 2. The van der Waals surface area contributed by atoms with E-state index in [2.05, 4.69) is 15.0 Å². The van der Waals surface area contributed by atoms with Gasteiger partial charge >= 0.3 is 0 Å². The van der Waals surface area contributed by atoms with Crippen LogP contribution in [-0.2, 0) is 21.2 Å². The largest absolute Gasteiger partial charge is 0.361 e. The van der Waals surface area contributed by atoms with Gasteiger partial charge < -0.3 is 10.3 Å². The van der Waals surface area contributed by atoms with Crippen LogP contribution in [0.4, 0.5) is 15.8 Å². The predicted octanol–water partition coefficient (Wildman–Crippen LogP) is 4.68. The van der Waals surface area contributed by atoms with Crippen LogP contribution in [0, 0.1) is 5.82 Å². The number of amides is 1. The number of aryl methyl sites for hydroxylation is 1. The molecule has 31 heavy (non-hydrogen) atoms. The maximum Gasteiger partial charge on any atom is 0.262 e. The topological polar surface area (TPSA) is 91.1 Å². The van der Waals surface area contributed by atoms with Crippen molar-refractivity contribution in [1.82, 2.24) is 4.98 Å². The van der Waals surface area contributed by atoms with Crippen molar-refractivity contribution in [2.75, 3.05) is 10.0 Å². The Labute approximate surface area is 179 Å². The second-order valence-corrected chi connectivity index (χ2v) is 8.70. The Morgan fingerprint density at radius 3 is 2.58 bits per heavy atom. The maximum absolute atomic E-state index is 13.8. The van der Waals surface area contributed by atoms with Gasteiger partial charge in [0.1, 0.15) is 5.82 Å². The molecule has 4 rings (SSSR count). The van der Waals surface area contributed by atoms with Crippen molar-refractivity contribution in [1.29, 1.82) is 0 Å². The zero-order chi connectivity index (χ0) is 21.8. The first kappa shape index (κ1) is 20.6. The van der Waals surface area contributed by atoms with E-state index >= 15 is 0 Å². The molecule has 0 fully saturated rings. The van der Waals surface area contributed by atoms with Crippen LogP contribution in [-0.4, -0.2) is 19.3 Å². The molecule has 0 aliphatic carbocycles. The Balaban J connectivity index is 1.43. The summed E-state index contributed by atoms with van der Waals surface area (Å²) in [6.45, 7) is 0. The second-order valence-electron chi connectivity index (χ2n) is 7.02. The zero-order valence-corrected chi connectivity index (χ0v) is 17.2. The standard InChI is InChI=1S/C23H20FN3O3S/c24-20-9-2-4-11-22(20)27-31(29,30)18-7-5-6-17(14-18)26-23(28)13-12-16-15-25-21-10-3-1-8-19(16)21/h1-11,14-15,25,27H,12-13H2,(H,26,28). The summed E-state index contributed by atoms with van der Waals surface area (Å²) in [7, 11) is -4.01. The summed E-state index contributed by atoms with van der Waals surface area (Å²) in [4.78, 5) is 15.5. The molecular weight excluding hydrogens is 417 g/mol. The van der Waals surface area contributed by atoms with Gasteiger partial charge in [0.25, 0.3) is 10.0 Å². The Kier molecular flexibility index (Phi) is 5.73. The fourth-order valence-corrected chi connectivity index (χ4v) is 4.41. The van der Waals surface area contributed by atoms with Crippen LogP contribution in [0.2, 0.25) is 0 Å². The lowest BCUT2D eigenvalue weighted by molar-refractivity contribution is -0.116. The van der Waals surface area contributed by atoms with Crippen LogP contribution in [0.15, 0.2) is 83.9 Å². The molecule has 0 saturated heterocycles. The summed E-state index contributed by atoms with van der Waals surface area (Å²) in [5.41, 5.74) is 2.25. The highest BCUT2D eigenvalue weighted by atomic mass is 32.2. The van der Waals surface area contributed by atoms with Gasteiger partial charge in [0.05, 0.1) is 10.6 Å². The Morgan fingerprint density at radius 1 is 0.968 bits per heavy atom. The second kappa shape index (κ2) is 8.61. The van der Waals surface area contributed by atoms with Gasteiger partial charge in [0.2, 0.25) is 5.91 Å². The molecular formula is C23H20FN3O3S. The third-order valence-electron chi connectivity index (χ3n) is 4.84. The number of carbonyl (C=O) groups excluding carboxylic acids is 1. The van der Waals surface area contributed by atoms with E-state index in [-0.39, 0.29) is 22.9 Å². The van der Waals surface area contributed by atoms with Crippen molar-refractivity contribution >= 4 is 38.2 Å². The Morgan fingerprint density at radius 2 is 1.74 bits per heavy atom. The first-order valence-electron chi connectivity index (χ1n) is 9.65. The monoisotopic (exact) mass is 437 g/mol. The summed E-state index contributed by atoms with van der Waals surface area (Å²) in [5, 5.41) is 3.80. The number of H-pyrrole nitrogens is 1. The van der Waals surface area contributed by atoms with Gasteiger partial charge in [-0.05, 0) is 48.4 Å². The van der Waals surface area contributed by atoms with E-state index in [1.54, 1.807) is 6.07 Å². The predicted molar refractivity (Wildman–Crippen MR) is 119 cm³/mol. The first-order chi connectivity index (χ1) is 14.9. The van der Waals surface area contributed by atoms with Gasteiger partial charge in [-0.15, -0.1) is 0 Å². The number of carbonyl (C=O) groups is 1. The summed E-state index contributed by atoms with van der Waals surface area (Å²) < 4.78 is 41.2. The average Bonchev–Trinajstić information content (AvgIpc) is 3.17. The quantitative estimate of drug-likeness (QED) is 0.392. The van der Waals surface area contributed by atoms with E-state index in [0.29, 0.717) is 12.1 Å². The van der Waals surface area contributed by atoms with Crippen LogP contribution in [0.5, 0.6) is 0 Å². The molecule has 4 aromatic rings. The fourth-order valence-electron chi connectivity index (χ4n) is 3.30. The molecule has 0 aliphatic rings. The number of hydrogen-bond acceptors (Lipinski definition) is 3. The third kappa shape index (κ3) is 4.75. The van der Waals surface area contributed by atoms with Crippen molar-refractivity contribution in [2.24, 2.45) is 0 Å². The molecule has 0 aliphatic heterocycles. The molecule has 1 aromatic heterocycles. The van der Waals surface area contributed by atoms with Gasteiger partial charge in [0.15, 0.2) is 0 Å². The van der Waals surface area contributed by atoms with E-state index in [4.69, 9.17) is 0 Å². The minimum Gasteiger partial charge on any atom is -0.361 e. The van der Waals surface area contributed by atoms with E-state index in [0.717, 1.165) is 16.5 Å². The van der Waals surface area contributed by atoms with Crippen LogP contribution in [0.25, 0.3) is 10.9 Å². The van der Waals surface area contributed by atoms with Crippen molar-refractivity contribution in [3.05, 3.63) is 90.4 Å². The lowest BCUT2D eigenvalue weighted by Gasteiger charge is -2.11. The van der Waals surface area contributed by atoms with Gasteiger partial charge in [-0.3, -0.25) is 9.52 Å². The number of halogens is 1. The van der Waals surface area contributed by atoms with Gasteiger partial charge in [-0.1, -0.05) is 36.4 Å². The highest BCUT2D eigenvalue weighted by Gasteiger charge is 2.17. The highest BCUT2D eigenvalue weighted by molar-refractivity contribution is 7.92. The molecule has 0 spiro atoms. The molecule has 0 radical (unpaired) electrons. The van der Waals surface area contributed by atoms with Gasteiger partial charge in [0, 0.05) is 29.2 Å². The van der Waals surface area contributed by atoms with Crippen molar-refractivity contribution in [3.63, 3.8) is 0 Å². The minimum atomic E-state index is -4.01. The van der Waals surface area contributed by atoms with Crippen molar-refractivity contribution in [2.45, 2.75) is 17.7 Å². The molecule has 0 unspecified atom stereocenters. The van der Waals surface area contributed by atoms with Crippen molar-refractivity contribution < 1.29 is 17.6 Å². The number of aromatic amines is 1. The van der Waals surface area contributed by atoms with Crippen LogP contribution in [0.1, 0.15) is 12.0 Å². The van der Waals surface area contributed by atoms with Gasteiger partial charge in [-0.25, -0.2) is 12.8 Å². The van der Waals surface area contributed by atoms with Crippen molar-refractivity contribution in [3.8, 4) is 0 Å². The summed E-state index contributed by atoms with van der Waals surface area (Å²) >= 11 is 0. The van der Waals surface area contributed by atoms with Crippen LogP contribution >= 0.6 is 0 Å². The molecule has 158 valence electrons. The summed E-state index contributed by atoms with van der Waals surface area (Å²) in [5.74, 6) is -0.908. The van der Waals surface area contributed by atoms with Gasteiger partial charge in [-0.2, -0.15) is 0 Å². The van der Waals surface area contributed by atoms with E-state index in [1.165, 1.54) is 42.5 Å². The molecule has 0 saturated carbocycles. The van der Waals surface area contributed by atoms with Crippen LogP contribution in [0.3, 0.4) is 0 Å². The first-order valence-corrected chi connectivity index (χ1v) is 11.1. The molecule has 8 heteroatoms. The van der Waals surface area contributed by atoms with Crippen LogP contribution < -0.4 is 10.0 Å². The van der Waals surface area contributed by atoms with E-state index < -0.39 is 15.8 Å². The number of nitrogens with one attached hydrogen (secondary N) is 3. The Bertz CT molecular complexity index is 1350. The molecule has 1 amide bonds. The number of rotatable bonds is 7. The average molecular weight is 437 g/mol. The smallest absolute Gasteiger partial charge is 0.262 e. The molecule has 3 aromatic carbocycles. The minimum absolute atomic E-state index is 0.0785. The SMILES string of the molecule is O=C(CCc1c[nH]c2ccccc12)Nc1cccc(S(=O)(=O)Nc2ccccc2F)c1. The van der Waals surface area contributed by atoms with E-state index in [9.17, 15) is 17.6 Å². The molecule has 6 nitrogen and oxygen atoms in total. The highest BCUT2D eigenvalue weighted by Crippen LogP contribution is 2.22.